The van der Waals surface area contributed by atoms with E-state index in [1.807, 2.05) is 0 Å². The van der Waals surface area contributed by atoms with Crippen molar-refractivity contribution in [2.75, 3.05) is 46.0 Å². The van der Waals surface area contributed by atoms with Crippen molar-refractivity contribution >= 4 is 0 Å². The number of hydrogen-bond donors (Lipinski definition) is 2. The van der Waals surface area contributed by atoms with Crippen molar-refractivity contribution in [3.05, 3.63) is 0 Å². The summed E-state index contributed by atoms with van der Waals surface area (Å²) in [4.78, 5) is 2.51. The predicted molar refractivity (Wildman–Crippen MR) is 77.3 cm³/mol. The number of hydrogen-bond acceptors (Lipinski definition) is 4. The topological polar surface area (TPSA) is 44.7 Å². The number of ether oxygens (including phenoxy) is 1. The summed E-state index contributed by atoms with van der Waals surface area (Å²) in [5, 5.41) is 12.8. The fraction of sp³-hybridized carbons (Fsp3) is 1.00. The van der Waals surface area contributed by atoms with Crippen LogP contribution in [0.25, 0.3) is 0 Å². The molecule has 0 aromatic carbocycles. The zero-order chi connectivity index (χ0) is 13.6. The van der Waals surface area contributed by atoms with E-state index in [2.05, 4.69) is 17.1 Å². The standard InChI is InChI=1S/C15H30N2O2/c1-2-16-11-15(7-4-10-19-13-15)12-17(8-9-18)14-5-3-6-14/h14,16,18H,2-13H2,1H3. The van der Waals surface area contributed by atoms with Crippen molar-refractivity contribution in [3.63, 3.8) is 0 Å². The monoisotopic (exact) mass is 270 g/mol. The first kappa shape index (κ1) is 15.2. The maximum atomic E-state index is 9.31. The van der Waals surface area contributed by atoms with Crippen LogP contribution in [-0.4, -0.2) is 62.0 Å². The molecule has 0 aromatic heterocycles. The van der Waals surface area contributed by atoms with E-state index in [1.54, 1.807) is 0 Å². The molecule has 112 valence electrons. The number of rotatable bonds is 8. The second-order valence-electron chi connectivity index (χ2n) is 6.22. The van der Waals surface area contributed by atoms with Crippen LogP contribution in [0.4, 0.5) is 0 Å². The van der Waals surface area contributed by atoms with Gasteiger partial charge in [-0.1, -0.05) is 13.3 Å². The molecule has 1 atom stereocenters. The second kappa shape index (κ2) is 7.58. The fourth-order valence-corrected chi connectivity index (χ4v) is 3.32. The van der Waals surface area contributed by atoms with Crippen LogP contribution >= 0.6 is 0 Å². The first-order valence-electron chi connectivity index (χ1n) is 7.93. The molecular formula is C15H30N2O2. The van der Waals surface area contributed by atoms with Crippen molar-refractivity contribution < 1.29 is 9.84 Å². The summed E-state index contributed by atoms with van der Waals surface area (Å²) in [5.41, 5.74) is 0.249. The third-order valence-electron chi connectivity index (χ3n) is 4.67. The highest BCUT2D eigenvalue weighted by molar-refractivity contribution is 4.90. The molecule has 1 aliphatic carbocycles. The Morgan fingerprint density at radius 3 is 2.74 bits per heavy atom. The van der Waals surface area contributed by atoms with Crippen LogP contribution in [0.2, 0.25) is 0 Å². The molecule has 2 fully saturated rings. The van der Waals surface area contributed by atoms with E-state index in [1.165, 1.54) is 32.1 Å². The minimum atomic E-state index is 0.249. The van der Waals surface area contributed by atoms with E-state index >= 15 is 0 Å². The number of aliphatic hydroxyl groups excluding tert-OH is 1. The van der Waals surface area contributed by atoms with E-state index in [0.717, 1.165) is 39.4 Å². The lowest BCUT2D eigenvalue weighted by atomic mass is 9.80. The molecule has 2 rings (SSSR count). The van der Waals surface area contributed by atoms with Gasteiger partial charge in [-0.3, -0.25) is 4.90 Å². The molecule has 0 radical (unpaired) electrons. The van der Waals surface area contributed by atoms with Crippen LogP contribution in [-0.2, 0) is 4.74 Å². The van der Waals surface area contributed by atoms with Crippen molar-refractivity contribution in [3.8, 4) is 0 Å². The highest BCUT2D eigenvalue weighted by Crippen LogP contribution is 2.33. The quantitative estimate of drug-likeness (QED) is 0.696. The van der Waals surface area contributed by atoms with Gasteiger partial charge in [0, 0.05) is 37.7 Å². The SMILES string of the molecule is CCNCC1(CN(CCO)C2CCC2)CCCOC1. The summed E-state index contributed by atoms with van der Waals surface area (Å²) < 4.78 is 5.76. The van der Waals surface area contributed by atoms with Crippen molar-refractivity contribution in [1.82, 2.24) is 10.2 Å². The van der Waals surface area contributed by atoms with Gasteiger partial charge in [0.05, 0.1) is 13.2 Å². The molecule has 1 unspecified atom stereocenters. The third kappa shape index (κ3) is 4.15. The van der Waals surface area contributed by atoms with Crippen molar-refractivity contribution in [2.45, 2.75) is 45.1 Å². The van der Waals surface area contributed by atoms with Crippen LogP contribution in [0.1, 0.15) is 39.0 Å². The molecule has 2 N–H and O–H groups in total. The summed E-state index contributed by atoms with van der Waals surface area (Å²) in [6, 6.07) is 0.701. The highest BCUT2D eigenvalue weighted by atomic mass is 16.5. The number of aliphatic hydroxyl groups is 1. The zero-order valence-corrected chi connectivity index (χ0v) is 12.4. The Balaban J connectivity index is 1.95. The molecule has 1 saturated carbocycles. The number of nitrogens with zero attached hydrogens (tertiary/aromatic N) is 1. The molecule has 0 spiro atoms. The number of nitrogens with one attached hydrogen (secondary N) is 1. The van der Waals surface area contributed by atoms with Crippen LogP contribution in [0.15, 0.2) is 0 Å². The molecule has 1 heterocycles. The van der Waals surface area contributed by atoms with Crippen LogP contribution in [0.5, 0.6) is 0 Å². The summed E-state index contributed by atoms with van der Waals surface area (Å²) in [6.45, 7) is 8.17. The molecule has 0 aromatic rings. The molecule has 0 bridgehead atoms. The van der Waals surface area contributed by atoms with Crippen molar-refractivity contribution in [2.24, 2.45) is 5.41 Å². The zero-order valence-electron chi connectivity index (χ0n) is 12.4. The first-order chi connectivity index (χ1) is 9.29. The van der Waals surface area contributed by atoms with E-state index in [0.29, 0.717) is 6.04 Å². The van der Waals surface area contributed by atoms with Crippen LogP contribution < -0.4 is 5.32 Å². The molecular weight excluding hydrogens is 240 g/mol. The van der Waals surface area contributed by atoms with Gasteiger partial charge in [-0.05, 0) is 32.2 Å². The van der Waals surface area contributed by atoms with Gasteiger partial charge in [0.15, 0.2) is 0 Å². The first-order valence-corrected chi connectivity index (χ1v) is 7.93. The van der Waals surface area contributed by atoms with Gasteiger partial charge in [-0.15, -0.1) is 0 Å². The molecule has 1 saturated heterocycles. The highest BCUT2D eigenvalue weighted by Gasteiger charge is 2.37. The van der Waals surface area contributed by atoms with Gasteiger partial charge in [-0.25, -0.2) is 0 Å². The van der Waals surface area contributed by atoms with Gasteiger partial charge < -0.3 is 15.2 Å². The molecule has 4 heteroatoms. The van der Waals surface area contributed by atoms with Gasteiger partial charge >= 0.3 is 0 Å². The van der Waals surface area contributed by atoms with Gasteiger partial charge in [0.2, 0.25) is 0 Å². The largest absolute Gasteiger partial charge is 0.395 e. The second-order valence-corrected chi connectivity index (χ2v) is 6.22. The predicted octanol–water partition coefficient (Wildman–Crippen LogP) is 1.24. The Hall–Kier alpha value is -0.160. The Morgan fingerprint density at radius 2 is 2.21 bits per heavy atom. The average molecular weight is 270 g/mol. The summed E-state index contributed by atoms with van der Waals surface area (Å²) in [6.07, 6.45) is 6.37. The summed E-state index contributed by atoms with van der Waals surface area (Å²) in [5.74, 6) is 0. The minimum Gasteiger partial charge on any atom is -0.395 e. The average Bonchev–Trinajstić information content (AvgIpc) is 2.36. The van der Waals surface area contributed by atoms with E-state index < -0.39 is 0 Å². The summed E-state index contributed by atoms with van der Waals surface area (Å²) >= 11 is 0. The smallest absolute Gasteiger partial charge is 0.0558 e. The van der Waals surface area contributed by atoms with Crippen LogP contribution in [0.3, 0.4) is 0 Å². The molecule has 0 amide bonds. The Bertz CT molecular complexity index is 251. The molecule has 19 heavy (non-hydrogen) atoms. The Morgan fingerprint density at radius 1 is 1.37 bits per heavy atom. The Kier molecular flexibility index (Phi) is 6.07. The lowest BCUT2D eigenvalue weighted by Crippen LogP contribution is -2.53. The normalized spacial score (nSPS) is 28.6. The lowest BCUT2D eigenvalue weighted by molar-refractivity contribution is -0.0420. The van der Waals surface area contributed by atoms with Gasteiger partial charge in [-0.2, -0.15) is 0 Å². The molecule has 1 aliphatic heterocycles. The maximum absolute atomic E-state index is 9.31. The Labute approximate surface area is 117 Å². The molecule has 4 nitrogen and oxygen atoms in total. The third-order valence-corrected chi connectivity index (χ3v) is 4.67. The van der Waals surface area contributed by atoms with E-state index in [4.69, 9.17) is 4.74 Å². The minimum absolute atomic E-state index is 0.249. The van der Waals surface area contributed by atoms with Gasteiger partial charge in [0.25, 0.3) is 0 Å². The van der Waals surface area contributed by atoms with E-state index in [9.17, 15) is 5.11 Å². The van der Waals surface area contributed by atoms with E-state index in [-0.39, 0.29) is 12.0 Å². The van der Waals surface area contributed by atoms with Crippen LogP contribution in [0, 0.1) is 5.41 Å². The van der Waals surface area contributed by atoms with Gasteiger partial charge in [0.1, 0.15) is 0 Å². The lowest BCUT2D eigenvalue weighted by Gasteiger charge is -2.45. The molecule has 2 aliphatic rings. The fourth-order valence-electron chi connectivity index (χ4n) is 3.32. The maximum Gasteiger partial charge on any atom is 0.0558 e. The van der Waals surface area contributed by atoms with Crippen molar-refractivity contribution in [1.29, 1.82) is 0 Å². The summed E-state index contributed by atoms with van der Waals surface area (Å²) in [7, 11) is 0.